The highest BCUT2D eigenvalue weighted by Gasteiger charge is 2.13. The minimum atomic E-state index is -0.466. The molecule has 2 rings (SSSR count). The fraction of sp³-hybridized carbons (Fsp3) is 0. The van der Waals surface area contributed by atoms with Crippen molar-refractivity contribution in [3.05, 3.63) is 50.1 Å². The van der Waals surface area contributed by atoms with E-state index < -0.39 is 5.91 Å². The molecule has 1 amide bonds. The molecule has 4 nitrogen and oxygen atoms in total. The molecular formula is C12H7Br2ClN2O2. The van der Waals surface area contributed by atoms with Crippen molar-refractivity contribution in [2.75, 3.05) is 5.32 Å². The predicted molar refractivity (Wildman–Crippen MR) is 80.7 cm³/mol. The fourth-order valence-electron chi connectivity index (χ4n) is 1.40. The molecule has 0 fully saturated rings. The lowest BCUT2D eigenvalue weighted by molar-refractivity contribution is 0.102. The summed E-state index contributed by atoms with van der Waals surface area (Å²) in [6, 6.07) is 6.24. The second-order valence-corrected chi connectivity index (χ2v) is 5.80. The number of nitrogens with zero attached hydrogens (tertiary/aromatic N) is 1. The first-order valence-electron chi connectivity index (χ1n) is 5.08. The third kappa shape index (κ3) is 3.46. The number of amides is 1. The molecule has 0 saturated heterocycles. The van der Waals surface area contributed by atoms with Gasteiger partial charge in [-0.25, -0.2) is 4.98 Å². The molecule has 0 unspecified atom stereocenters. The summed E-state index contributed by atoms with van der Waals surface area (Å²) in [5.74, 6) is -0.585. The highest BCUT2D eigenvalue weighted by molar-refractivity contribution is 9.10. The Bertz CT molecular complexity index is 650. The Labute approximate surface area is 131 Å². The predicted octanol–water partition coefficient (Wildman–Crippen LogP) is 4.22. The van der Waals surface area contributed by atoms with E-state index in [9.17, 15) is 9.90 Å². The van der Waals surface area contributed by atoms with Gasteiger partial charge in [0, 0.05) is 15.1 Å². The summed E-state index contributed by atoms with van der Waals surface area (Å²) in [6.07, 6.45) is 1.52. The highest BCUT2D eigenvalue weighted by Crippen LogP contribution is 2.26. The number of halogens is 3. The molecule has 0 atom stereocenters. The second kappa shape index (κ2) is 5.90. The van der Waals surface area contributed by atoms with E-state index in [0.717, 1.165) is 0 Å². The van der Waals surface area contributed by atoms with Gasteiger partial charge in [0.05, 0.1) is 11.3 Å². The summed E-state index contributed by atoms with van der Waals surface area (Å²) < 4.78 is 1.37. The SMILES string of the molecule is O=C(Nc1cc(Br)cnc1Cl)c1ccc(Br)cc1O. The van der Waals surface area contributed by atoms with Gasteiger partial charge in [-0.1, -0.05) is 27.5 Å². The van der Waals surface area contributed by atoms with Crippen LogP contribution in [-0.4, -0.2) is 16.0 Å². The molecule has 2 N–H and O–H groups in total. The van der Waals surface area contributed by atoms with E-state index in [0.29, 0.717) is 14.6 Å². The minimum absolute atomic E-state index is 0.119. The van der Waals surface area contributed by atoms with Gasteiger partial charge >= 0.3 is 0 Å². The largest absolute Gasteiger partial charge is 0.507 e. The molecule has 98 valence electrons. The molecule has 0 aliphatic carbocycles. The van der Waals surface area contributed by atoms with Crippen LogP contribution in [0.3, 0.4) is 0 Å². The zero-order chi connectivity index (χ0) is 14.0. The number of pyridine rings is 1. The average molecular weight is 406 g/mol. The maximum Gasteiger partial charge on any atom is 0.259 e. The number of benzene rings is 1. The van der Waals surface area contributed by atoms with Gasteiger partial charge < -0.3 is 10.4 Å². The van der Waals surface area contributed by atoms with Crippen molar-refractivity contribution in [2.45, 2.75) is 0 Å². The number of phenols is 1. The summed E-state index contributed by atoms with van der Waals surface area (Å²) in [5, 5.41) is 12.5. The van der Waals surface area contributed by atoms with Crippen LogP contribution in [0.2, 0.25) is 5.15 Å². The van der Waals surface area contributed by atoms with Crippen LogP contribution in [0.1, 0.15) is 10.4 Å². The van der Waals surface area contributed by atoms with Crippen LogP contribution in [-0.2, 0) is 0 Å². The number of nitrogens with one attached hydrogen (secondary N) is 1. The first-order valence-corrected chi connectivity index (χ1v) is 7.04. The van der Waals surface area contributed by atoms with E-state index in [1.165, 1.54) is 18.3 Å². The molecule has 1 aromatic heterocycles. The molecule has 1 aromatic carbocycles. The first-order chi connectivity index (χ1) is 8.97. The number of rotatable bonds is 2. The van der Waals surface area contributed by atoms with Gasteiger partial charge in [0.2, 0.25) is 0 Å². The van der Waals surface area contributed by atoms with Crippen LogP contribution in [0.5, 0.6) is 5.75 Å². The number of hydrogen-bond acceptors (Lipinski definition) is 3. The van der Waals surface area contributed by atoms with Crippen molar-refractivity contribution in [1.82, 2.24) is 4.98 Å². The normalized spacial score (nSPS) is 10.3. The van der Waals surface area contributed by atoms with Crippen LogP contribution in [0.15, 0.2) is 39.4 Å². The Hall–Kier alpha value is -1.11. The quantitative estimate of drug-likeness (QED) is 0.734. The van der Waals surface area contributed by atoms with Crippen molar-refractivity contribution in [3.63, 3.8) is 0 Å². The molecule has 1 heterocycles. The maximum atomic E-state index is 12.0. The van der Waals surface area contributed by atoms with E-state index in [-0.39, 0.29) is 16.5 Å². The third-order valence-corrected chi connectivity index (χ3v) is 3.49. The standard InChI is InChI=1S/C12H7Br2ClN2O2/c13-6-1-2-8(10(18)4-6)12(19)17-9-3-7(14)5-16-11(9)15/h1-5,18H,(H,17,19). The van der Waals surface area contributed by atoms with Crippen molar-refractivity contribution in [1.29, 1.82) is 0 Å². The van der Waals surface area contributed by atoms with Gasteiger partial charge in [-0.05, 0) is 40.2 Å². The fourth-order valence-corrected chi connectivity index (χ4v) is 2.23. The number of carbonyl (C=O) groups is 1. The monoisotopic (exact) mass is 404 g/mol. The molecule has 2 aromatic rings. The molecule has 0 saturated carbocycles. The van der Waals surface area contributed by atoms with Crippen LogP contribution >= 0.6 is 43.5 Å². The maximum absolute atomic E-state index is 12.0. The van der Waals surface area contributed by atoms with Crippen LogP contribution in [0.25, 0.3) is 0 Å². The van der Waals surface area contributed by atoms with Crippen LogP contribution in [0, 0.1) is 0 Å². The van der Waals surface area contributed by atoms with Gasteiger partial charge in [0.25, 0.3) is 5.91 Å². The number of phenolic OH excluding ortho intramolecular Hbond substituents is 1. The number of aromatic hydroxyl groups is 1. The average Bonchev–Trinajstić information content (AvgIpc) is 2.33. The summed E-state index contributed by atoms with van der Waals surface area (Å²) in [4.78, 5) is 15.9. The zero-order valence-electron chi connectivity index (χ0n) is 9.32. The number of carbonyl (C=O) groups excluding carboxylic acids is 1. The Kier molecular flexibility index (Phi) is 4.44. The van der Waals surface area contributed by atoms with Crippen molar-refractivity contribution < 1.29 is 9.90 Å². The molecule has 0 radical (unpaired) electrons. The van der Waals surface area contributed by atoms with E-state index in [4.69, 9.17) is 11.6 Å². The Morgan fingerprint density at radius 3 is 2.68 bits per heavy atom. The molecule has 0 aliphatic heterocycles. The van der Waals surface area contributed by atoms with E-state index in [2.05, 4.69) is 42.2 Å². The number of aromatic nitrogens is 1. The Balaban J connectivity index is 2.28. The van der Waals surface area contributed by atoms with Gasteiger partial charge in [-0.3, -0.25) is 4.79 Å². The first kappa shape index (κ1) is 14.3. The van der Waals surface area contributed by atoms with Crippen molar-refractivity contribution >= 4 is 55.1 Å². The number of hydrogen-bond donors (Lipinski definition) is 2. The Morgan fingerprint density at radius 2 is 2.00 bits per heavy atom. The topological polar surface area (TPSA) is 62.2 Å². The smallest absolute Gasteiger partial charge is 0.259 e. The molecule has 19 heavy (non-hydrogen) atoms. The summed E-state index contributed by atoms with van der Waals surface area (Å²) >= 11 is 12.3. The van der Waals surface area contributed by atoms with Gasteiger partial charge in [-0.2, -0.15) is 0 Å². The summed E-state index contributed by atoms with van der Waals surface area (Å²) in [6.45, 7) is 0. The van der Waals surface area contributed by atoms with Crippen molar-refractivity contribution in [2.24, 2.45) is 0 Å². The van der Waals surface area contributed by atoms with E-state index >= 15 is 0 Å². The van der Waals surface area contributed by atoms with Gasteiger partial charge in [0.1, 0.15) is 5.75 Å². The third-order valence-electron chi connectivity index (χ3n) is 2.26. The van der Waals surface area contributed by atoms with Gasteiger partial charge in [-0.15, -0.1) is 0 Å². The lowest BCUT2D eigenvalue weighted by Crippen LogP contribution is -2.12. The minimum Gasteiger partial charge on any atom is -0.507 e. The van der Waals surface area contributed by atoms with Crippen LogP contribution in [0.4, 0.5) is 5.69 Å². The second-order valence-electron chi connectivity index (χ2n) is 3.61. The summed E-state index contributed by atoms with van der Waals surface area (Å²) in [5.41, 5.74) is 0.516. The summed E-state index contributed by atoms with van der Waals surface area (Å²) in [7, 11) is 0. The Morgan fingerprint density at radius 1 is 1.26 bits per heavy atom. The lowest BCUT2D eigenvalue weighted by Gasteiger charge is -2.08. The van der Waals surface area contributed by atoms with E-state index in [1.807, 2.05) is 0 Å². The molecule has 7 heteroatoms. The number of anilines is 1. The van der Waals surface area contributed by atoms with E-state index in [1.54, 1.807) is 12.1 Å². The lowest BCUT2D eigenvalue weighted by atomic mass is 10.2. The molecule has 0 spiro atoms. The molecular weight excluding hydrogens is 399 g/mol. The highest BCUT2D eigenvalue weighted by atomic mass is 79.9. The van der Waals surface area contributed by atoms with Crippen LogP contribution < -0.4 is 5.32 Å². The zero-order valence-corrected chi connectivity index (χ0v) is 13.3. The molecule has 0 bridgehead atoms. The van der Waals surface area contributed by atoms with Crippen molar-refractivity contribution in [3.8, 4) is 5.75 Å². The van der Waals surface area contributed by atoms with Gasteiger partial charge in [0.15, 0.2) is 5.15 Å². The molecule has 0 aliphatic rings.